The van der Waals surface area contributed by atoms with Crippen LogP contribution in [0.3, 0.4) is 0 Å². The molecule has 2 rings (SSSR count). The maximum absolute atomic E-state index is 11.8. The minimum Gasteiger partial charge on any atom is -0.478 e. The molecule has 0 aliphatic heterocycles. The highest BCUT2D eigenvalue weighted by atomic mass is 16.4. The molecular formula is C16H22N2O3. The van der Waals surface area contributed by atoms with Crippen LogP contribution < -0.4 is 10.6 Å². The summed E-state index contributed by atoms with van der Waals surface area (Å²) < 4.78 is 0. The fourth-order valence-electron chi connectivity index (χ4n) is 2.78. The molecule has 1 atom stereocenters. The van der Waals surface area contributed by atoms with E-state index in [1.54, 1.807) is 24.3 Å². The molecule has 1 aromatic rings. The smallest absolute Gasteiger partial charge is 0.335 e. The molecule has 1 saturated carbocycles. The molecule has 0 aromatic heterocycles. The largest absolute Gasteiger partial charge is 0.478 e. The number of hydrogen-bond donors (Lipinski definition) is 3. The summed E-state index contributed by atoms with van der Waals surface area (Å²) in [6, 6.07) is 6.53. The second kappa shape index (κ2) is 7.11. The summed E-state index contributed by atoms with van der Waals surface area (Å²) in [6.07, 6.45) is 4.90. The minimum absolute atomic E-state index is 0.170. The van der Waals surface area contributed by atoms with Crippen molar-refractivity contribution >= 4 is 12.0 Å². The highest BCUT2D eigenvalue weighted by Crippen LogP contribution is 2.27. The summed E-state index contributed by atoms with van der Waals surface area (Å²) in [5.41, 5.74) is 1.13. The molecule has 0 bridgehead atoms. The number of amides is 2. The van der Waals surface area contributed by atoms with E-state index in [4.69, 9.17) is 5.11 Å². The van der Waals surface area contributed by atoms with E-state index in [1.807, 2.05) is 0 Å². The molecular weight excluding hydrogens is 268 g/mol. The van der Waals surface area contributed by atoms with Crippen LogP contribution in [-0.4, -0.2) is 23.1 Å². The van der Waals surface area contributed by atoms with Crippen molar-refractivity contribution in [3.8, 4) is 0 Å². The zero-order valence-electron chi connectivity index (χ0n) is 12.3. The summed E-state index contributed by atoms with van der Waals surface area (Å²) in [5.74, 6) is -0.358. The monoisotopic (exact) mass is 290 g/mol. The number of rotatable bonds is 5. The summed E-state index contributed by atoms with van der Waals surface area (Å²) in [5, 5.41) is 14.6. The van der Waals surface area contributed by atoms with Crippen molar-refractivity contribution in [3.05, 3.63) is 35.4 Å². The predicted molar refractivity (Wildman–Crippen MR) is 80.2 cm³/mol. The molecule has 5 heteroatoms. The van der Waals surface area contributed by atoms with Crippen molar-refractivity contribution in [1.82, 2.24) is 10.6 Å². The minimum atomic E-state index is -0.947. The van der Waals surface area contributed by atoms with Crippen LogP contribution in [0.1, 0.15) is 48.5 Å². The van der Waals surface area contributed by atoms with E-state index in [0.717, 1.165) is 5.56 Å². The third-order valence-corrected chi connectivity index (χ3v) is 4.12. The van der Waals surface area contributed by atoms with E-state index >= 15 is 0 Å². The van der Waals surface area contributed by atoms with Gasteiger partial charge in [-0.15, -0.1) is 0 Å². The average Bonchev–Trinajstić information content (AvgIpc) is 3.00. The van der Waals surface area contributed by atoms with Crippen LogP contribution in [0, 0.1) is 5.92 Å². The lowest BCUT2D eigenvalue weighted by Crippen LogP contribution is -2.43. The Morgan fingerprint density at radius 2 is 1.86 bits per heavy atom. The predicted octanol–water partition coefficient (Wildman–Crippen LogP) is 2.76. The summed E-state index contributed by atoms with van der Waals surface area (Å²) in [4.78, 5) is 22.6. The Balaban J connectivity index is 1.76. The van der Waals surface area contributed by atoms with E-state index in [9.17, 15) is 9.59 Å². The Morgan fingerprint density at radius 1 is 1.24 bits per heavy atom. The quantitative estimate of drug-likeness (QED) is 0.780. The van der Waals surface area contributed by atoms with Gasteiger partial charge in [-0.1, -0.05) is 25.0 Å². The molecule has 3 N–H and O–H groups in total. The standard InChI is InChI=1S/C16H22N2O3/c1-11(13-4-2-3-5-13)18-16(21)17-10-12-6-8-14(9-7-12)15(19)20/h6-9,11,13H,2-5,10H2,1H3,(H,19,20)(H2,17,18,21)/t11-/m0/s1. The molecule has 1 aromatic carbocycles. The zero-order chi connectivity index (χ0) is 15.2. The first-order chi connectivity index (χ1) is 10.1. The van der Waals surface area contributed by atoms with E-state index < -0.39 is 5.97 Å². The number of hydrogen-bond acceptors (Lipinski definition) is 2. The number of nitrogens with one attached hydrogen (secondary N) is 2. The van der Waals surface area contributed by atoms with Crippen molar-refractivity contribution in [2.24, 2.45) is 5.92 Å². The average molecular weight is 290 g/mol. The van der Waals surface area contributed by atoms with Gasteiger partial charge in [0.1, 0.15) is 0 Å². The van der Waals surface area contributed by atoms with Crippen molar-refractivity contribution in [2.45, 2.75) is 45.2 Å². The van der Waals surface area contributed by atoms with Crippen molar-refractivity contribution in [1.29, 1.82) is 0 Å². The number of urea groups is 1. The summed E-state index contributed by atoms with van der Waals surface area (Å²) in [7, 11) is 0. The van der Waals surface area contributed by atoms with Gasteiger partial charge in [-0.3, -0.25) is 0 Å². The maximum atomic E-state index is 11.8. The SMILES string of the molecule is C[C@H](NC(=O)NCc1ccc(C(=O)O)cc1)C1CCCC1. The molecule has 0 radical (unpaired) electrons. The van der Waals surface area contributed by atoms with Crippen LogP contribution in [0.5, 0.6) is 0 Å². The lowest BCUT2D eigenvalue weighted by molar-refractivity contribution is 0.0697. The highest BCUT2D eigenvalue weighted by Gasteiger charge is 2.22. The summed E-state index contributed by atoms with van der Waals surface area (Å²) in [6.45, 7) is 2.44. The third-order valence-electron chi connectivity index (χ3n) is 4.12. The number of carbonyl (C=O) groups is 2. The molecule has 0 saturated heterocycles. The number of carboxylic acid groups (broad SMARTS) is 1. The summed E-state index contributed by atoms with van der Waals surface area (Å²) >= 11 is 0. The molecule has 2 amide bonds. The van der Waals surface area contributed by atoms with Crippen LogP contribution in [0.25, 0.3) is 0 Å². The molecule has 0 unspecified atom stereocenters. The van der Waals surface area contributed by atoms with Gasteiger partial charge in [0.25, 0.3) is 0 Å². The number of aromatic carboxylic acids is 1. The molecule has 1 fully saturated rings. The lowest BCUT2D eigenvalue weighted by Gasteiger charge is -2.20. The molecule has 1 aliphatic carbocycles. The van der Waals surface area contributed by atoms with Crippen LogP contribution >= 0.6 is 0 Å². The second-order valence-corrected chi connectivity index (χ2v) is 5.66. The van der Waals surface area contributed by atoms with E-state index in [0.29, 0.717) is 12.5 Å². The molecule has 5 nitrogen and oxygen atoms in total. The fraction of sp³-hybridized carbons (Fsp3) is 0.500. The van der Waals surface area contributed by atoms with E-state index in [2.05, 4.69) is 17.6 Å². The Morgan fingerprint density at radius 3 is 2.43 bits per heavy atom. The first-order valence-electron chi connectivity index (χ1n) is 7.43. The molecule has 114 valence electrons. The van der Waals surface area contributed by atoms with Crippen molar-refractivity contribution < 1.29 is 14.7 Å². The number of benzene rings is 1. The Kier molecular flexibility index (Phi) is 5.20. The van der Waals surface area contributed by atoms with E-state index in [-0.39, 0.29) is 17.6 Å². The Hall–Kier alpha value is -2.04. The highest BCUT2D eigenvalue weighted by molar-refractivity contribution is 5.87. The topological polar surface area (TPSA) is 78.4 Å². The zero-order valence-corrected chi connectivity index (χ0v) is 12.3. The lowest BCUT2D eigenvalue weighted by atomic mass is 10.0. The van der Waals surface area contributed by atoms with Crippen LogP contribution in [-0.2, 0) is 6.54 Å². The third kappa shape index (κ3) is 4.48. The molecule has 0 heterocycles. The van der Waals surface area contributed by atoms with Crippen LogP contribution in [0.2, 0.25) is 0 Å². The van der Waals surface area contributed by atoms with Gasteiger partial charge in [0.05, 0.1) is 5.56 Å². The maximum Gasteiger partial charge on any atom is 0.335 e. The van der Waals surface area contributed by atoms with Gasteiger partial charge in [-0.05, 0) is 43.4 Å². The van der Waals surface area contributed by atoms with Gasteiger partial charge in [0, 0.05) is 12.6 Å². The Labute approximate surface area is 124 Å². The number of carbonyl (C=O) groups excluding carboxylic acids is 1. The normalized spacial score (nSPS) is 16.4. The Bertz CT molecular complexity index is 493. The van der Waals surface area contributed by atoms with E-state index in [1.165, 1.54) is 25.7 Å². The van der Waals surface area contributed by atoms with Gasteiger partial charge in [-0.25, -0.2) is 9.59 Å². The van der Waals surface area contributed by atoms with Gasteiger partial charge >= 0.3 is 12.0 Å². The van der Waals surface area contributed by atoms with Crippen molar-refractivity contribution in [3.63, 3.8) is 0 Å². The van der Waals surface area contributed by atoms with Gasteiger partial charge in [0.15, 0.2) is 0 Å². The number of carboxylic acids is 1. The molecule has 21 heavy (non-hydrogen) atoms. The van der Waals surface area contributed by atoms with Crippen molar-refractivity contribution in [2.75, 3.05) is 0 Å². The van der Waals surface area contributed by atoms with Gasteiger partial charge in [0.2, 0.25) is 0 Å². The second-order valence-electron chi connectivity index (χ2n) is 5.66. The molecule has 0 spiro atoms. The van der Waals surface area contributed by atoms with Gasteiger partial charge in [-0.2, -0.15) is 0 Å². The molecule has 1 aliphatic rings. The first-order valence-corrected chi connectivity index (χ1v) is 7.43. The fourth-order valence-corrected chi connectivity index (χ4v) is 2.78. The van der Waals surface area contributed by atoms with Gasteiger partial charge < -0.3 is 15.7 Å². The first kappa shape index (κ1) is 15.4. The van der Waals surface area contributed by atoms with Crippen LogP contribution in [0.15, 0.2) is 24.3 Å². The van der Waals surface area contributed by atoms with Crippen LogP contribution in [0.4, 0.5) is 4.79 Å².